The van der Waals surface area contributed by atoms with E-state index in [2.05, 4.69) is 10.6 Å². The van der Waals surface area contributed by atoms with E-state index >= 15 is 0 Å². The Morgan fingerprint density at radius 3 is 2.40 bits per heavy atom. The zero-order valence-corrected chi connectivity index (χ0v) is 17.6. The lowest BCUT2D eigenvalue weighted by Gasteiger charge is -2.29. The summed E-state index contributed by atoms with van der Waals surface area (Å²) in [5.74, 6) is -2.41. The van der Waals surface area contributed by atoms with Crippen molar-refractivity contribution in [2.75, 3.05) is 40.2 Å². The number of carbonyl (C=O) groups excluding carboxylic acids is 4. The third-order valence-electron chi connectivity index (χ3n) is 5.88. The molecule has 1 aromatic carbocycles. The molecule has 3 rings (SSSR count). The summed E-state index contributed by atoms with van der Waals surface area (Å²) in [6.45, 7) is 1.67. The summed E-state index contributed by atoms with van der Waals surface area (Å²) in [6, 6.07) is 5.87. The van der Waals surface area contributed by atoms with Crippen molar-refractivity contribution in [2.24, 2.45) is 11.8 Å². The van der Waals surface area contributed by atoms with Crippen LogP contribution in [0.1, 0.15) is 6.92 Å². The molecule has 2 fully saturated rings. The number of urea groups is 1. The van der Waals surface area contributed by atoms with Crippen molar-refractivity contribution in [3.8, 4) is 5.75 Å². The van der Waals surface area contributed by atoms with Crippen molar-refractivity contribution in [1.29, 1.82) is 0 Å². The molecule has 2 aliphatic rings. The molecule has 30 heavy (non-hydrogen) atoms. The highest BCUT2D eigenvalue weighted by atomic mass is 16.5. The van der Waals surface area contributed by atoms with E-state index in [4.69, 9.17) is 9.47 Å². The lowest BCUT2D eigenvalue weighted by molar-refractivity contribution is -0.152. The molecule has 1 aromatic rings. The van der Waals surface area contributed by atoms with E-state index in [0.29, 0.717) is 11.4 Å². The van der Waals surface area contributed by atoms with E-state index in [0.717, 1.165) is 4.90 Å². The molecule has 2 N–H and O–H groups in total. The average molecular weight is 418 g/mol. The first kappa shape index (κ1) is 21.6. The Morgan fingerprint density at radius 1 is 1.20 bits per heavy atom. The molecule has 4 atom stereocenters. The quantitative estimate of drug-likeness (QED) is 0.521. The number of carbonyl (C=O) groups is 4. The number of likely N-dealkylation sites (tertiary alicyclic amines) is 1. The van der Waals surface area contributed by atoms with E-state index in [1.165, 1.54) is 19.1 Å². The number of hydrogen-bond acceptors (Lipinski definition) is 7. The molecular formula is C20H26N4O6. The monoisotopic (exact) mass is 418 g/mol. The van der Waals surface area contributed by atoms with Gasteiger partial charge in [0, 0.05) is 32.4 Å². The fourth-order valence-electron chi connectivity index (χ4n) is 4.24. The van der Waals surface area contributed by atoms with Gasteiger partial charge in [-0.1, -0.05) is 0 Å². The van der Waals surface area contributed by atoms with Crippen LogP contribution in [-0.2, 0) is 19.1 Å². The highest BCUT2D eigenvalue weighted by Gasteiger charge is 2.66. The van der Waals surface area contributed by atoms with Crippen LogP contribution in [-0.4, -0.2) is 80.1 Å². The Bertz CT molecular complexity index is 873. The summed E-state index contributed by atoms with van der Waals surface area (Å²) >= 11 is 0. The minimum Gasteiger partial charge on any atom is -0.497 e. The van der Waals surface area contributed by atoms with Crippen LogP contribution in [0.3, 0.4) is 0 Å². The first-order chi connectivity index (χ1) is 14.1. The lowest BCUT2D eigenvalue weighted by atomic mass is 9.81. The number of nitrogens with zero attached hydrogens (tertiary/aromatic N) is 2. The van der Waals surface area contributed by atoms with Crippen molar-refractivity contribution in [3.05, 3.63) is 24.3 Å². The molecule has 0 saturated carbocycles. The van der Waals surface area contributed by atoms with Crippen LogP contribution in [0, 0.1) is 11.8 Å². The van der Waals surface area contributed by atoms with Gasteiger partial charge in [0.1, 0.15) is 11.3 Å². The normalized spacial score (nSPS) is 27.6. The Morgan fingerprint density at radius 2 is 1.83 bits per heavy atom. The summed E-state index contributed by atoms with van der Waals surface area (Å²) in [5.41, 5.74) is -0.773. The van der Waals surface area contributed by atoms with Gasteiger partial charge in [0.25, 0.3) is 0 Å². The van der Waals surface area contributed by atoms with Gasteiger partial charge in [0.15, 0.2) is 0 Å². The Balaban J connectivity index is 1.76. The molecule has 2 heterocycles. The minimum atomic E-state index is -1.35. The number of rotatable bonds is 5. The number of ether oxygens (including phenoxy) is 2. The Labute approximate surface area is 174 Å². The second-order valence-corrected chi connectivity index (χ2v) is 7.72. The number of fused-ring (bicyclic) bond motifs is 1. The molecule has 0 unspecified atom stereocenters. The molecule has 162 valence electrons. The number of nitrogens with one attached hydrogen (secondary N) is 2. The third-order valence-corrected chi connectivity index (χ3v) is 5.88. The van der Waals surface area contributed by atoms with Crippen LogP contribution in [0.25, 0.3) is 0 Å². The highest BCUT2D eigenvalue weighted by molar-refractivity contribution is 6.09. The number of anilines is 1. The predicted molar refractivity (Wildman–Crippen MR) is 107 cm³/mol. The molecule has 0 bridgehead atoms. The number of esters is 1. The second-order valence-electron chi connectivity index (χ2n) is 7.72. The van der Waals surface area contributed by atoms with Gasteiger partial charge in [0.2, 0.25) is 11.8 Å². The molecule has 0 aromatic heterocycles. The van der Waals surface area contributed by atoms with E-state index in [9.17, 15) is 19.2 Å². The molecule has 0 radical (unpaired) electrons. The maximum absolute atomic E-state index is 12.7. The van der Waals surface area contributed by atoms with Crippen molar-refractivity contribution < 1.29 is 28.7 Å². The van der Waals surface area contributed by atoms with Gasteiger partial charge in [0.05, 0.1) is 26.1 Å². The summed E-state index contributed by atoms with van der Waals surface area (Å²) in [4.78, 5) is 52.8. The number of hydrogen-bond donors (Lipinski definition) is 2. The van der Waals surface area contributed by atoms with Crippen LogP contribution in [0.5, 0.6) is 5.75 Å². The predicted octanol–water partition coefficient (Wildman–Crippen LogP) is 0.293. The van der Waals surface area contributed by atoms with Crippen LogP contribution >= 0.6 is 0 Å². The van der Waals surface area contributed by atoms with Crippen molar-refractivity contribution in [2.45, 2.75) is 18.5 Å². The van der Waals surface area contributed by atoms with E-state index < -0.39 is 41.3 Å². The first-order valence-corrected chi connectivity index (χ1v) is 9.47. The first-order valence-electron chi connectivity index (χ1n) is 9.47. The molecule has 10 heteroatoms. The fourth-order valence-corrected chi connectivity index (χ4v) is 4.24. The van der Waals surface area contributed by atoms with Crippen molar-refractivity contribution in [1.82, 2.24) is 15.1 Å². The molecule has 4 amide bonds. The van der Waals surface area contributed by atoms with Crippen LogP contribution < -0.4 is 15.4 Å². The smallest absolute Gasteiger partial charge is 0.326 e. The van der Waals surface area contributed by atoms with Gasteiger partial charge in [-0.2, -0.15) is 0 Å². The van der Waals surface area contributed by atoms with Crippen molar-refractivity contribution in [3.63, 3.8) is 0 Å². The molecule has 0 aliphatic carbocycles. The number of amides is 4. The molecule has 2 saturated heterocycles. The minimum absolute atomic E-state index is 0.114. The maximum atomic E-state index is 12.7. The van der Waals surface area contributed by atoms with E-state index in [1.807, 2.05) is 0 Å². The molecule has 2 aliphatic heterocycles. The largest absolute Gasteiger partial charge is 0.497 e. The van der Waals surface area contributed by atoms with Crippen molar-refractivity contribution >= 4 is 29.5 Å². The fraction of sp³-hybridized carbons (Fsp3) is 0.500. The average Bonchev–Trinajstić information content (AvgIpc) is 3.16. The van der Waals surface area contributed by atoms with Gasteiger partial charge in [-0.15, -0.1) is 0 Å². The lowest BCUT2D eigenvalue weighted by Crippen LogP contribution is -2.56. The highest BCUT2D eigenvalue weighted by Crippen LogP contribution is 2.43. The van der Waals surface area contributed by atoms with E-state index in [1.54, 1.807) is 45.3 Å². The van der Waals surface area contributed by atoms with E-state index in [-0.39, 0.29) is 12.5 Å². The summed E-state index contributed by atoms with van der Waals surface area (Å²) in [6.07, 6.45) is 0. The standard InChI is InChI=1S/C20H26N4O6/c1-20(18(27)30-5)15-14(16(25)24(3)17(15)26)13(22-20)10-23(2)19(28)21-11-6-8-12(29-4)9-7-11/h6-9,13-15,22H,10H2,1-5H3,(H,21,28)/t13-,14+,15-,20-/m1/s1. The third kappa shape index (κ3) is 3.47. The van der Waals surface area contributed by atoms with Gasteiger partial charge in [-0.25, -0.2) is 4.79 Å². The number of imide groups is 1. The van der Waals surface area contributed by atoms with Gasteiger partial charge in [-0.05, 0) is 31.2 Å². The van der Waals surface area contributed by atoms with Crippen LogP contribution in [0.4, 0.5) is 10.5 Å². The second kappa shape index (κ2) is 7.94. The summed E-state index contributed by atoms with van der Waals surface area (Å²) < 4.78 is 9.97. The number of benzene rings is 1. The van der Waals surface area contributed by atoms with Gasteiger partial charge in [-0.3, -0.25) is 24.6 Å². The Hall–Kier alpha value is -3.14. The Kier molecular flexibility index (Phi) is 5.71. The van der Waals surface area contributed by atoms with Crippen LogP contribution in [0.15, 0.2) is 24.3 Å². The molecular weight excluding hydrogens is 392 g/mol. The van der Waals surface area contributed by atoms with Gasteiger partial charge >= 0.3 is 12.0 Å². The topological polar surface area (TPSA) is 117 Å². The summed E-state index contributed by atoms with van der Waals surface area (Å²) in [5, 5.41) is 5.84. The van der Waals surface area contributed by atoms with Crippen LogP contribution in [0.2, 0.25) is 0 Å². The number of likely N-dealkylation sites (N-methyl/N-ethyl adjacent to an activating group) is 1. The molecule has 0 spiro atoms. The zero-order valence-electron chi connectivity index (χ0n) is 17.6. The van der Waals surface area contributed by atoms with Gasteiger partial charge < -0.3 is 19.7 Å². The molecule has 10 nitrogen and oxygen atoms in total. The zero-order chi connectivity index (χ0) is 22.2. The number of methoxy groups -OCH3 is 2. The SMILES string of the molecule is COC(=O)[C@]1(C)N[C@H](CN(C)C(=O)Nc2ccc(OC)cc2)[C@@H]2C(=O)N(C)C(=O)[C@@H]21. The summed E-state index contributed by atoms with van der Waals surface area (Å²) in [7, 11) is 5.76. The maximum Gasteiger partial charge on any atom is 0.326 e.